The van der Waals surface area contributed by atoms with Gasteiger partial charge in [-0.1, -0.05) is 67.9 Å². The summed E-state index contributed by atoms with van der Waals surface area (Å²) in [5, 5.41) is 8.48. The van der Waals surface area contributed by atoms with Crippen LogP contribution in [0.15, 0.2) is 83.3 Å². The van der Waals surface area contributed by atoms with Crippen LogP contribution < -0.4 is 5.32 Å². The van der Waals surface area contributed by atoms with E-state index in [9.17, 15) is 0 Å². The van der Waals surface area contributed by atoms with Crippen LogP contribution in [0.4, 0.5) is 11.4 Å². The Bertz CT molecular complexity index is 1270. The van der Waals surface area contributed by atoms with Crippen LogP contribution in [0.1, 0.15) is 25.3 Å². The quantitative estimate of drug-likeness (QED) is 0.343. The predicted molar refractivity (Wildman–Crippen MR) is 120 cm³/mol. The molecule has 1 aromatic heterocycles. The van der Waals surface area contributed by atoms with Gasteiger partial charge in [-0.05, 0) is 47.9 Å². The molecule has 2 heteroatoms. The molecule has 0 spiro atoms. The van der Waals surface area contributed by atoms with E-state index < -0.39 is 0 Å². The molecule has 5 aromatic rings. The van der Waals surface area contributed by atoms with Gasteiger partial charge < -0.3 is 9.73 Å². The first-order valence-corrected chi connectivity index (χ1v) is 10.0. The number of aryl methyl sites for hydroxylation is 1. The maximum atomic E-state index is 6.53. The molecule has 28 heavy (non-hydrogen) atoms. The molecule has 0 amide bonds. The third kappa shape index (κ3) is 2.82. The van der Waals surface area contributed by atoms with Crippen molar-refractivity contribution >= 4 is 44.1 Å². The summed E-state index contributed by atoms with van der Waals surface area (Å²) in [4.78, 5) is 0. The van der Waals surface area contributed by atoms with Crippen LogP contribution in [-0.4, -0.2) is 0 Å². The van der Waals surface area contributed by atoms with Crippen molar-refractivity contribution in [2.45, 2.75) is 26.2 Å². The highest BCUT2D eigenvalue weighted by molar-refractivity contribution is 6.14. The van der Waals surface area contributed by atoms with E-state index in [1.165, 1.54) is 33.5 Å². The number of unbranched alkanes of at least 4 members (excludes halogenated alkanes) is 1. The van der Waals surface area contributed by atoms with Crippen molar-refractivity contribution in [1.29, 1.82) is 0 Å². The van der Waals surface area contributed by atoms with Crippen molar-refractivity contribution in [1.82, 2.24) is 0 Å². The molecule has 0 unspecified atom stereocenters. The van der Waals surface area contributed by atoms with Crippen LogP contribution in [0.3, 0.4) is 0 Å². The van der Waals surface area contributed by atoms with Gasteiger partial charge in [-0.3, -0.25) is 0 Å². The largest absolute Gasteiger partial charge is 0.454 e. The van der Waals surface area contributed by atoms with E-state index >= 15 is 0 Å². The highest BCUT2D eigenvalue weighted by Crippen LogP contribution is 2.39. The Morgan fingerprint density at radius 2 is 1.54 bits per heavy atom. The van der Waals surface area contributed by atoms with Gasteiger partial charge in [0, 0.05) is 22.0 Å². The molecule has 0 saturated carbocycles. The lowest BCUT2D eigenvalue weighted by atomic mass is 9.97. The zero-order valence-electron chi connectivity index (χ0n) is 16.0. The Kier molecular flexibility index (Phi) is 4.25. The predicted octanol–water partition coefficient (Wildman–Crippen LogP) is 7.83. The standard InChI is InChI=1S/C26H23NO/c1-2-3-13-21-20-14-8-7-10-18(20)17-23-22-15-9-16-24(26(22)28-25(21)23)27-19-11-5-4-6-12-19/h4-12,14-17,27H,2-3,13H2,1H3. The third-order valence-corrected chi connectivity index (χ3v) is 5.45. The lowest BCUT2D eigenvalue weighted by Crippen LogP contribution is -1.89. The fourth-order valence-corrected chi connectivity index (χ4v) is 4.06. The molecule has 1 N–H and O–H groups in total. The van der Waals surface area contributed by atoms with Crippen LogP contribution >= 0.6 is 0 Å². The van der Waals surface area contributed by atoms with Crippen molar-refractivity contribution in [3.05, 3.63) is 84.4 Å². The summed E-state index contributed by atoms with van der Waals surface area (Å²) >= 11 is 0. The Morgan fingerprint density at radius 3 is 2.39 bits per heavy atom. The molecular formula is C26H23NO. The van der Waals surface area contributed by atoms with E-state index in [2.05, 4.69) is 72.9 Å². The maximum Gasteiger partial charge on any atom is 0.158 e. The highest BCUT2D eigenvalue weighted by atomic mass is 16.3. The molecule has 5 rings (SSSR count). The summed E-state index contributed by atoms with van der Waals surface area (Å²) in [6.07, 6.45) is 3.37. The molecule has 0 aliphatic heterocycles. The second-order valence-electron chi connectivity index (χ2n) is 7.33. The fourth-order valence-electron chi connectivity index (χ4n) is 4.06. The molecule has 4 aromatic carbocycles. The normalized spacial score (nSPS) is 11.5. The van der Waals surface area contributed by atoms with Crippen LogP contribution in [0.25, 0.3) is 32.7 Å². The van der Waals surface area contributed by atoms with Crippen LogP contribution in [0, 0.1) is 0 Å². The average Bonchev–Trinajstić information content (AvgIpc) is 3.11. The first-order chi connectivity index (χ1) is 13.8. The van der Waals surface area contributed by atoms with E-state index in [-0.39, 0.29) is 0 Å². The van der Waals surface area contributed by atoms with E-state index in [1.54, 1.807) is 0 Å². The number of furan rings is 1. The van der Waals surface area contributed by atoms with Crippen LogP contribution in [-0.2, 0) is 6.42 Å². The smallest absolute Gasteiger partial charge is 0.158 e. The van der Waals surface area contributed by atoms with Crippen molar-refractivity contribution < 1.29 is 4.42 Å². The van der Waals surface area contributed by atoms with Crippen LogP contribution in [0.2, 0.25) is 0 Å². The third-order valence-electron chi connectivity index (χ3n) is 5.45. The summed E-state index contributed by atoms with van der Waals surface area (Å²) in [7, 11) is 0. The lowest BCUT2D eigenvalue weighted by Gasteiger charge is -2.07. The number of anilines is 2. The molecule has 0 atom stereocenters. The van der Waals surface area contributed by atoms with E-state index in [0.29, 0.717) is 0 Å². The van der Waals surface area contributed by atoms with E-state index in [0.717, 1.165) is 35.4 Å². The van der Waals surface area contributed by atoms with Gasteiger partial charge in [-0.25, -0.2) is 0 Å². The number of rotatable bonds is 5. The minimum absolute atomic E-state index is 0.925. The van der Waals surface area contributed by atoms with Gasteiger partial charge in [-0.2, -0.15) is 0 Å². The molecule has 0 fully saturated rings. The Balaban J connectivity index is 1.77. The number of benzene rings is 4. The second-order valence-corrected chi connectivity index (χ2v) is 7.33. The van der Waals surface area contributed by atoms with E-state index in [1.807, 2.05) is 18.2 Å². The van der Waals surface area contributed by atoms with Gasteiger partial charge in [0.25, 0.3) is 0 Å². The highest BCUT2D eigenvalue weighted by Gasteiger charge is 2.16. The van der Waals surface area contributed by atoms with Gasteiger partial charge in [0.15, 0.2) is 5.58 Å². The zero-order chi connectivity index (χ0) is 18.9. The van der Waals surface area contributed by atoms with Crippen LogP contribution in [0.5, 0.6) is 0 Å². The Morgan fingerprint density at radius 1 is 0.750 bits per heavy atom. The van der Waals surface area contributed by atoms with Gasteiger partial charge in [0.2, 0.25) is 0 Å². The molecule has 0 radical (unpaired) electrons. The van der Waals surface area contributed by atoms with Crippen molar-refractivity contribution in [2.75, 3.05) is 5.32 Å². The molecule has 0 aliphatic carbocycles. The Labute approximate surface area is 164 Å². The average molecular weight is 365 g/mol. The summed E-state index contributed by atoms with van der Waals surface area (Å²) < 4.78 is 6.53. The lowest BCUT2D eigenvalue weighted by molar-refractivity contribution is 0.661. The molecule has 2 nitrogen and oxygen atoms in total. The zero-order valence-corrected chi connectivity index (χ0v) is 16.0. The number of hydrogen-bond acceptors (Lipinski definition) is 2. The molecule has 1 heterocycles. The molecular weight excluding hydrogens is 342 g/mol. The summed E-state index contributed by atoms with van der Waals surface area (Å²) in [6, 6.07) is 27.5. The van der Waals surface area contributed by atoms with Gasteiger partial charge >= 0.3 is 0 Å². The van der Waals surface area contributed by atoms with E-state index in [4.69, 9.17) is 4.42 Å². The number of fused-ring (bicyclic) bond motifs is 4. The van der Waals surface area contributed by atoms with Gasteiger partial charge in [0.05, 0.1) is 5.69 Å². The fraction of sp³-hybridized carbons (Fsp3) is 0.154. The second kappa shape index (κ2) is 7.05. The number of hydrogen-bond donors (Lipinski definition) is 1. The Hall–Kier alpha value is -3.26. The first-order valence-electron chi connectivity index (χ1n) is 10.0. The van der Waals surface area contributed by atoms with Gasteiger partial charge in [0.1, 0.15) is 5.58 Å². The van der Waals surface area contributed by atoms with Crippen molar-refractivity contribution in [2.24, 2.45) is 0 Å². The first kappa shape index (κ1) is 16.9. The van der Waals surface area contributed by atoms with Crippen molar-refractivity contribution in [3.63, 3.8) is 0 Å². The minimum Gasteiger partial charge on any atom is -0.454 e. The topological polar surface area (TPSA) is 25.2 Å². The minimum atomic E-state index is 0.925. The summed E-state index contributed by atoms with van der Waals surface area (Å²) in [6.45, 7) is 2.24. The SMILES string of the molecule is CCCCc1c2ccccc2cc2c1oc1c(Nc3ccccc3)cccc12. The summed E-state index contributed by atoms with van der Waals surface area (Å²) in [5.74, 6) is 0. The molecule has 0 bridgehead atoms. The summed E-state index contributed by atoms with van der Waals surface area (Å²) in [5.41, 5.74) is 5.35. The molecule has 138 valence electrons. The monoisotopic (exact) mass is 365 g/mol. The molecule has 0 saturated heterocycles. The maximum absolute atomic E-state index is 6.53. The van der Waals surface area contributed by atoms with Crippen molar-refractivity contribution in [3.8, 4) is 0 Å². The molecule has 0 aliphatic rings. The number of para-hydroxylation sites is 2. The number of nitrogens with one attached hydrogen (secondary N) is 1. The van der Waals surface area contributed by atoms with Gasteiger partial charge in [-0.15, -0.1) is 0 Å².